The Labute approximate surface area is 103 Å². The van der Waals surface area contributed by atoms with Gasteiger partial charge in [-0.1, -0.05) is 0 Å². The zero-order valence-corrected chi connectivity index (χ0v) is 10.6. The molecule has 2 aliphatic rings. The number of aryl methyl sites for hydroxylation is 1. The number of rotatable bonds is 2. The monoisotopic (exact) mass is 232 g/mol. The van der Waals surface area contributed by atoms with Crippen LogP contribution in [0.1, 0.15) is 11.4 Å². The minimum Gasteiger partial charge on any atom is -0.306 e. The first-order valence-corrected chi connectivity index (χ1v) is 6.39. The Morgan fingerprint density at radius 3 is 2.53 bits per heavy atom. The molecule has 4 heteroatoms. The molecule has 0 bridgehead atoms. The van der Waals surface area contributed by atoms with Gasteiger partial charge < -0.3 is 4.90 Å². The lowest BCUT2D eigenvalue weighted by molar-refractivity contribution is 0.269. The van der Waals surface area contributed by atoms with Crippen LogP contribution in [0.15, 0.2) is 12.4 Å². The van der Waals surface area contributed by atoms with E-state index in [-0.39, 0.29) is 0 Å². The molecule has 17 heavy (non-hydrogen) atoms. The van der Waals surface area contributed by atoms with Crippen molar-refractivity contribution >= 4 is 0 Å². The van der Waals surface area contributed by atoms with E-state index >= 15 is 0 Å². The summed E-state index contributed by atoms with van der Waals surface area (Å²) in [5, 5.41) is 0. The van der Waals surface area contributed by atoms with Crippen LogP contribution in [0.5, 0.6) is 0 Å². The average molecular weight is 232 g/mol. The number of fused-ring (bicyclic) bond motifs is 1. The van der Waals surface area contributed by atoms with Crippen LogP contribution < -0.4 is 0 Å². The van der Waals surface area contributed by atoms with Crippen LogP contribution in [0.25, 0.3) is 0 Å². The number of hydrogen-bond acceptors (Lipinski definition) is 4. The first kappa shape index (κ1) is 11.1. The van der Waals surface area contributed by atoms with Gasteiger partial charge in [0, 0.05) is 45.1 Å². The lowest BCUT2D eigenvalue weighted by Gasteiger charge is -2.18. The Morgan fingerprint density at radius 1 is 1.18 bits per heavy atom. The van der Waals surface area contributed by atoms with Crippen molar-refractivity contribution in [2.24, 2.45) is 11.8 Å². The summed E-state index contributed by atoms with van der Waals surface area (Å²) in [6.45, 7) is 7.95. The van der Waals surface area contributed by atoms with Crippen LogP contribution in [0.3, 0.4) is 0 Å². The van der Waals surface area contributed by atoms with Crippen molar-refractivity contribution in [1.82, 2.24) is 19.8 Å². The average Bonchev–Trinajstić information content (AvgIpc) is 2.74. The summed E-state index contributed by atoms with van der Waals surface area (Å²) in [6.07, 6.45) is 3.71. The summed E-state index contributed by atoms with van der Waals surface area (Å²) in [7, 11) is 2.23. The molecule has 0 aliphatic carbocycles. The van der Waals surface area contributed by atoms with Crippen molar-refractivity contribution in [2.45, 2.75) is 13.5 Å². The molecule has 4 nitrogen and oxygen atoms in total. The highest BCUT2D eigenvalue weighted by Crippen LogP contribution is 2.30. The zero-order chi connectivity index (χ0) is 11.8. The number of hydrogen-bond donors (Lipinski definition) is 0. The highest BCUT2D eigenvalue weighted by molar-refractivity contribution is 5.03. The Morgan fingerprint density at radius 2 is 1.88 bits per heavy atom. The lowest BCUT2D eigenvalue weighted by atomic mass is 10.0. The fourth-order valence-electron chi connectivity index (χ4n) is 3.27. The molecule has 2 saturated heterocycles. The fraction of sp³-hybridized carbons (Fsp3) is 0.692. The largest absolute Gasteiger partial charge is 0.306 e. The van der Waals surface area contributed by atoms with E-state index in [4.69, 9.17) is 0 Å². The summed E-state index contributed by atoms with van der Waals surface area (Å²) in [4.78, 5) is 13.7. The predicted octanol–water partition coefficient (Wildman–Crippen LogP) is 0.778. The maximum Gasteiger partial charge on any atom is 0.0730 e. The van der Waals surface area contributed by atoms with E-state index in [1.807, 2.05) is 19.3 Å². The van der Waals surface area contributed by atoms with Crippen LogP contribution in [0.4, 0.5) is 0 Å². The second kappa shape index (κ2) is 4.35. The Hall–Kier alpha value is -1.00. The third kappa shape index (κ3) is 2.33. The molecule has 1 aromatic heterocycles. The molecule has 3 rings (SSSR count). The number of aromatic nitrogens is 2. The highest BCUT2D eigenvalue weighted by atomic mass is 15.2. The minimum absolute atomic E-state index is 0.873. The molecule has 0 amide bonds. The Kier molecular flexibility index (Phi) is 2.84. The molecule has 1 aromatic rings. The van der Waals surface area contributed by atoms with Crippen LogP contribution in [0.2, 0.25) is 0 Å². The van der Waals surface area contributed by atoms with Crippen LogP contribution in [-0.2, 0) is 6.54 Å². The smallest absolute Gasteiger partial charge is 0.0730 e. The summed E-state index contributed by atoms with van der Waals surface area (Å²) in [6, 6.07) is 0. The van der Waals surface area contributed by atoms with Crippen molar-refractivity contribution in [2.75, 3.05) is 33.2 Å². The molecule has 2 atom stereocenters. The van der Waals surface area contributed by atoms with Crippen LogP contribution >= 0.6 is 0 Å². The molecule has 2 unspecified atom stereocenters. The SMILES string of the molecule is Cc1cncc(CN2CC3CN(C)CC3C2)n1. The first-order chi connectivity index (χ1) is 8.20. The molecular formula is C13H20N4. The lowest BCUT2D eigenvalue weighted by Crippen LogP contribution is -2.26. The summed E-state index contributed by atoms with van der Waals surface area (Å²) < 4.78 is 0. The standard InChI is InChI=1S/C13H20N4/c1-10-3-14-4-13(15-10)9-17-7-11-5-16(2)6-12(11)8-17/h3-4,11-12H,5-9H2,1-2H3. The second-order valence-electron chi connectivity index (χ2n) is 5.59. The van der Waals surface area contributed by atoms with Gasteiger partial charge in [-0.15, -0.1) is 0 Å². The predicted molar refractivity (Wildman–Crippen MR) is 66.5 cm³/mol. The van der Waals surface area contributed by atoms with Gasteiger partial charge in [-0.25, -0.2) is 0 Å². The summed E-state index contributed by atoms with van der Waals surface area (Å²) >= 11 is 0. The Bertz CT molecular complexity index is 392. The van der Waals surface area contributed by atoms with Gasteiger partial charge >= 0.3 is 0 Å². The van der Waals surface area contributed by atoms with Gasteiger partial charge in [0.05, 0.1) is 11.4 Å². The summed E-state index contributed by atoms with van der Waals surface area (Å²) in [5.41, 5.74) is 2.12. The second-order valence-corrected chi connectivity index (χ2v) is 5.59. The highest BCUT2D eigenvalue weighted by Gasteiger charge is 2.38. The molecule has 92 valence electrons. The van der Waals surface area contributed by atoms with Crippen molar-refractivity contribution in [3.8, 4) is 0 Å². The van der Waals surface area contributed by atoms with Gasteiger partial charge in [-0.2, -0.15) is 0 Å². The summed E-state index contributed by atoms with van der Waals surface area (Å²) in [5.74, 6) is 1.75. The topological polar surface area (TPSA) is 32.3 Å². The van der Waals surface area contributed by atoms with Crippen molar-refractivity contribution in [1.29, 1.82) is 0 Å². The van der Waals surface area contributed by atoms with Crippen LogP contribution in [-0.4, -0.2) is 53.0 Å². The molecule has 0 radical (unpaired) electrons. The Balaban J connectivity index is 1.62. The van der Waals surface area contributed by atoms with Gasteiger partial charge in [0.25, 0.3) is 0 Å². The molecular weight excluding hydrogens is 212 g/mol. The van der Waals surface area contributed by atoms with E-state index in [0.717, 1.165) is 29.8 Å². The van der Waals surface area contributed by atoms with Gasteiger partial charge in [0.2, 0.25) is 0 Å². The fourth-order valence-corrected chi connectivity index (χ4v) is 3.27. The van der Waals surface area contributed by atoms with E-state index in [1.165, 1.54) is 26.2 Å². The normalized spacial score (nSPS) is 29.8. The van der Waals surface area contributed by atoms with Gasteiger partial charge in [0.15, 0.2) is 0 Å². The molecule has 2 fully saturated rings. The van der Waals surface area contributed by atoms with Crippen LogP contribution in [0, 0.1) is 18.8 Å². The third-order valence-electron chi connectivity index (χ3n) is 3.93. The van der Waals surface area contributed by atoms with E-state index in [2.05, 4.69) is 26.8 Å². The maximum atomic E-state index is 4.53. The maximum absolute atomic E-state index is 4.53. The molecule has 0 saturated carbocycles. The third-order valence-corrected chi connectivity index (χ3v) is 3.93. The zero-order valence-electron chi connectivity index (χ0n) is 10.6. The molecule has 2 aliphatic heterocycles. The minimum atomic E-state index is 0.873. The molecule has 3 heterocycles. The van der Waals surface area contributed by atoms with Gasteiger partial charge in [-0.05, 0) is 25.8 Å². The number of likely N-dealkylation sites (tertiary alicyclic amines) is 2. The van der Waals surface area contributed by atoms with Crippen molar-refractivity contribution in [3.05, 3.63) is 23.8 Å². The van der Waals surface area contributed by atoms with Gasteiger partial charge in [-0.3, -0.25) is 14.9 Å². The quantitative estimate of drug-likeness (QED) is 0.754. The van der Waals surface area contributed by atoms with E-state index in [1.54, 1.807) is 0 Å². The molecule has 0 N–H and O–H groups in total. The van der Waals surface area contributed by atoms with Crippen molar-refractivity contribution < 1.29 is 0 Å². The number of nitrogens with zero attached hydrogens (tertiary/aromatic N) is 4. The van der Waals surface area contributed by atoms with Crippen molar-refractivity contribution in [3.63, 3.8) is 0 Å². The molecule has 0 spiro atoms. The van der Waals surface area contributed by atoms with E-state index < -0.39 is 0 Å². The molecule has 0 aromatic carbocycles. The first-order valence-electron chi connectivity index (χ1n) is 6.39. The van der Waals surface area contributed by atoms with Gasteiger partial charge in [0.1, 0.15) is 0 Å². The van der Waals surface area contributed by atoms with E-state index in [0.29, 0.717) is 0 Å². The van der Waals surface area contributed by atoms with E-state index in [9.17, 15) is 0 Å².